The largest absolute Gasteiger partial charge is 0.464 e. The Morgan fingerprint density at radius 1 is 1.37 bits per heavy atom. The second kappa shape index (κ2) is 10.1. The fourth-order valence-corrected chi connectivity index (χ4v) is 3.42. The van der Waals surface area contributed by atoms with E-state index in [0.29, 0.717) is 13.0 Å². The maximum atomic E-state index is 12.0. The summed E-state index contributed by atoms with van der Waals surface area (Å²) in [6.07, 6.45) is 4.81. The van der Waals surface area contributed by atoms with Gasteiger partial charge < -0.3 is 10.1 Å². The van der Waals surface area contributed by atoms with Gasteiger partial charge in [-0.2, -0.15) is 11.8 Å². The second-order valence-corrected chi connectivity index (χ2v) is 6.47. The van der Waals surface area contributed by atoms with E-state index in [1.807, 2.05) is 6.92 Å². The molecule has 0 rings (SSSR count). The number of thioether (sulfide) groups is 1. The van der Waals surface area contributed by atoms with Gasteiger partial charge in [0.25, 0.3) is 0 Å². The lowest BCUT2D eigenvalue weighted by molar-refractivity contribution is -0.147. The molecule has 0 radical (unpaired) electrons. The molecule has 0 fully saturated rings. The highest BCUT2D eigenvalue weighted by molar-refractivity contribution is 8.00. The van der Waals surface area contributed by atoms with E-state index in [-0.39, 0.29) is 10.7 Å². The molecule has 0 aliphatic rings. The van der Waals surface area contributed by atoms with Gasteiger partial charge in [-0.1, -0.05) is 33.1 Å². The summed E-state index contributed by atoms with van der Waals surface area (Å²) in [6.45, 7) is 8.35. The summed E-state index contributed by atoms with van der Waals surface area (Å²) in [7, 11) is 0. The summed E-state index contributed by atoms with van der Waals surface area (Å²) in [5, 5.41) is 2.64. The van der Waals surface area contributed by atoms with E-state index in [1.165, 1.54) is 0 Å². The van der Waals surface area contributed by atoms with Crippen LogP contribution in [-0.2, 0) is 14.3 Å². The van der Waals surface area contributed by atoms with Crippen molar-refractivity contribution in [3.05, 3.63) is 0 Å². The van der Waals surface area contributed by atoms with Gasteiger partial charge in [0.15, 0.2) is 0 Å². The molecule has 1 N–H and O–H groups in total. The Morgan fingerprint density at radius 2 is 2.05 bits per heavy atom. The van der Waals surface area contributed by atoms with E-state index in [4.69, 9.17) is 4.74 Å². The molecule has 0 aliphatic heterocycles. The van der Waals surface area contributed by atoms with Gasteiger partial charge in [0.1, 0.15) is 6.04 Å². The van der Waals surface area contributed by atoms with Crippen molar-refractivity contribution in [3.8, 4) is 0 Å². The molecule has 0 aromatic rings. The summed E-state index contributed by atoms with van der Waals surface area (Å²) in [4.78, 5) is 22.8. The normalized spacial score (nSPS) is 15.4. The van der Waals surface area contributed by atoms with Crippen molar-refractivity contribution in [1.82, 2.24) is 5.32 Å². The van der Waals surface area contributed by atoms with Crippen molar-refractivity contribution in [2.45, 2.75) is 64.2 Å². The topological polar surface area (TPSA) is 55.4 Å². The van der Waals surface area contributed by atoms with Crippen LogP contribution in [0.1, 0.15) is 53.4 Å². The molecule has 0 aromatic carbocycles. The minimum absolute atomic E-state index is 0.308. The summed E-state index contributed by atoms with van der Waals surface area (Å²) < 4.78 is 4.77. The molecule has 0 spiro atoms. The third kappa shape index (κ3) is 6.32. The summed E-state index contributed by atoms with van der Waals surface area (Å²) in [5.41, 5.74) is 0. The van der Waals surface area contributed by atoms with E-state index in [0.717, 1.165) is 31.4 Å². The monoisotopic (exact) mass is 289 g/mol. The molecule has 4 nitrogen and oxygen atoms in total. The standard InChI is InChI=1S/C14H27NO3S/c1-5-8-9-10-14(4,19-7-3)12(15-11-16)13(17)18-6-2/h11-12H,5-10H2,1-4H3,(H,15,16). The van der Waals surface area contributed by atoms with Crippen molar-refractivity contribution in [2.24, 2.45) is 0 Å². The Morgan fingerprint density at radius 3 is 2.53 bits per heavy atom. The quantitative estimate of drug-likeness (QED) is 0.361. The third-order valence-corrected chi connectivity index (χ3v) is 4.51. The summed E-state index contributed by atoms with van der Waals surface area (Å²) >= 11 is 1.71. The van der Waals surface area contributed by atoms with Crippen LogP contribution in [-0.4, -0.2) is 35.5 Å². The average Bonchev–Trinajstić information content (AvgIpc) is 2.36. The van der Waals surface area contributed by atoms with Crippen LogP contribution in [0.15, 0.2) is 0 Å². The van der Waals surface area contributed by atoms with Gasteiger partial charge in [-0.15, -0.1) is 0 Å². The number of esters is 1. The maximum Gasteiger partial charge on any atom is 0.330 e. The van der Waals surface area contributed by atoms with Crippen LogP contribution in [0.2, 0.25) is 0 Å². The second-order valence-electron chi connectivity index (χ2n) is 4.67. The van der Waals surface area contributed by atoms with E-state index in [9.17, 15) is 9.59 Å². The van der Waals surface area contributed by atoms with Crippen LogP contribution in [0.4, 0.5) is 0 Å². The Kier molecular flexibility index (Phi) is 9.74. The highest BCUT2D eigenvalue weighted by Crippen LogP contribution is 2.34. The first-order valence-electron chi connectivity index (χ1n) is 7.05. The van der Waals surface area contributed by atoms with Crippen molar-refractivity contribution in [2.75, 3.05) is 12.4 Å². The Bertz CT molecular complexity index is 273. The van der Waals surface area contributed by atoms with Gasteiger partial charge in [0, 0.05) is 4.75 Å². The van der Waals surface area contributed by atoms with E-state index in [1.54, 1.807) is 18.7 Å². The van der Waals surface area contributed by atoms with Crippen LogP contribution in [0.3, 0.4) is 0 Å². The van der Waals surface area contributed by atoms with E-state index < -0.39 is 6.04 Å². The van der Waals surface area contributed by atoms with Gasteiger partial charge in [-0.25, -0.2) is 4.79 Å². The third-order valence-electron chi connectivity index (χ3n) is 3.12. The first-order chi connectivity index (χ1) is 9.05. The Hall–Kier alpha value is -0.710. The number of hydrogen-bond donors (Lipinski definition) is 1. The van der Waals surface area contributed by atoms with Crippen LogP contribution >= 0.6 is 11.8 Å². The van der Waals surface area contributed by atoms with Crippen molar-refractivity contribution >= 4 is 24.1 Å². The van der Waals surface area contributed by atoms with Gasteiger partial charge >= 0.3 is 5.97 Å². The molecular weight excluding hydrogens is 262 g/mol. The Labute approximate surface area is 121 Å². The molecule has 2 atom stereocenters. The number of ether oxygens (including phenoxy) is 1. The molecule has 19 heavy (non-hydrogen) atoms. The van der Waals surface area contributed by atoms with Gasteiger partial charge in [-0.3, -0.25) is 4.79 Å². The number of carbonyl (C=O) groups excluding carboxylic acids is 2. The predicted octanol–water partition coefficient (Wildman–Crippen LogP) is 2.76. The molecule has 0 heterocycles. The average molecular weight is 289 g/mol. The van der Waals surface area contributed by atoms with E-state index >= 15 is 0 Å². The predicted molar refractivity (Wildman–Crippen MR) is 80.3 cm³/mol. The number of rotatable bonds is 11. The zero-order valence-electron chi connectivity index (χ0n) is 12.5. The number of amides is 1. The van der Waals surface area contributed by atoms with Crippen LogP contribution in [0.5, 0.6) is 0 Å². The maximum absolute atomic E-state index is 12.0. The highest BCUT2D eigenvalue weighted by atomic mass is 32.2. The zero-order chi connectivity index (χ0) is 14.7. The fraction of sp³-hybridized carbons (Fsp3) is 0.857. The fourth-order valence-electron chi connectivity index (χ4n) is 2.14. The van der Waals surface area contributed by atoms with Gasteiger partial charge in [-0.05, 0) is 26.0 Å². The van der Waals surface area contributed by atoms with Crippen LogP contribution in [0, 0.1) is 0 Å². The first-order valence-corrected chi connectivity index (χ1v) is 8.04. The van der Waals surface area contributed by atoms with Crippen molar-refractivity contribution in [3.63, 3.8) is 0 Å². The number of hydrogen-bond acceptors (Lipinski definition) is 4. The highest BCUT2D eigenvalue weighted by Gasteiger charge is 2.39. The molecule has 5 heteroatoms. The number of nitrogens with one attached hydrogen (secondary N) is 1. The molecule has 0 aliphatic carbocycles. The first kappa shape index (κ1) is 18.3. The van der Waals surface area contributed by atoms with Gasteiger partial charge in [0.05, 0.1) is 6.61 Å². The molecule has 0 saturated heterocycles. The van der Waals surface area contributed by atoms with Gasteiger partial charge in [0.2, 0.25) is 6.41 Å². The number of unbranched alkanes of at least 4 members (excludes halogenated alkanes) is 2. The molecule has 1 amide bonds. The molecule has 112 valence electrons. The zero-order valence-corrected chi connectivity index (χ0v) is 13.3. The van der Waals surface area contributed by atoms with Crippen LogP contribution < -0.4 is 5.32 Å². The van der Waals surface area contributed by atoms with Crippen molar-refractivity contribution < 1.29 is 14.3 Å². The smallest absolute Gasteiger partial charge is 0.330 e. The molecule has 0 saturated carbocycles. The lowest BCUT2D eigenvalue weighted by atomic mass is 9.94. The lowest BCUT2D eigenvalue weighted by Gasteiger charge is -2.35. The summed E-state index contributed by atoms with van der Waals surface area (Å²) in [6, 6.07) is -0.577. The molecule has 0 aromatic heterocycles. The van der Waals surface area contributed by atoms with Crippen molar-refractivity contribution in [1.29, 1.82) is 0 Å². The minimum Gasteiger partial charge on any atom is -0.464 e. The van der Waals surface area contributed by atoms with Crippen LogP contribution in [0.25, 0.3) is 0 Å². The molecular formula is C14H27NO3S. The molecule has 2 unspecified atom stereocenters. The Balaban J connectivity index is 4.90. The lowest BCUT2D eigenvalue weighted by Crippen LogP contribution is -2.52. The summed E-state index contributed by atoms with van der Waals surface area (Å²) in [5.74, 6) is 0.563. The van der Waals surface area contributed by atoms with E-state index in [2.05, 4.69) is 19.2 Å². The SMILES string of the molecule is CCCCCC(C)(SCC)C(NC=O)C(=O)OCC. The molecule has 0 bridgehead atoms. The number of carbonyl (C=O) groups is 2. The minimum atomic E-state index is -0.577.